The molecule has 0 fully saturated rings. The first kappa shape index (κ1) is 16.8. The molecule has 0 aliphatic heterocycles. The molecule has 0 heterocycles. The number of rotatable bonds is 4. The van der Waals surface area contributed by atoms with Crippen LogP contribution in [0.25, 0.3) is 0 Å². The highest BCUT2D eigenvalue weighted by Gasteiger charge is 2.24. The van der Waals surface area contributed by atoms with E-state index in [1.165, 1.54) is 33.1 Å². The average molecular weight is 334 g/mol. The van der Waals surface area contributed by atoms with Crippen LogP contribution in [0.1, 0.15) is 29.2 Å². The third-order valence-corrected chi connectivity index (χ3v) is 7.55. The van der Waals surface area contributed by atoms with Crippen LogP contribution in [0.5, 0.6) is 0 Å². The van der Waals surface area contributed by atoms with E-state index in [9.17, 15) is 0 Å². The first-order valence-electron chi connectivity index (χ1n) is 8.70. The summed E-state index contributed by atoms with van der Waals surface area (Å²) in [5.74, 6) is 0. The minimum absolute atomic E-state index is 0.0846. The van der Waals surface area contributed by atoms with Gasteiger partial charge in [0.1, 0.15) is 0 Å². The summed E-state index contributed by atoms with van der Waals surface area (Å²) in [6.45, 7) is 11.3. The van der Waals surface area contributed by atoms with Crippen molar-refractivity contribution in [2.75, 3.05) is 5.32 Å². The lowest BCUT2D eigenvalue weighted by molar-refractivity contribution is 0.810. The van der Waals surface area contributed by atoms with Gasteiger partial charge in [-0.3, -0.25) is 0 Å². The fourth-order valence-electron chi connectivity index (χ4n) is 3.50. The Morgan fingerprint density at radius 2 is 1.38 bits per heavy atom. The Labute approximate surface area is 148 Å². The normalized spacial score (nSPS) is 15.5. The number of allylic oxidation sites excluding steroid dienone is 2. The lowest BCUT2D eigenvalue weighted by Gasteiger charge is -2.29. The van der Waals surface area contributed by atoms with E-state index >= 15 is 0 Å². The number of anilines is 1. The maximum atomic E-state index is 3.84. The van der Waals surface area contributed by atoms with E-state index in [1.807, 2.05) is 0 Å². The van der Waals surface area contributed by atoms with Gasteiger partial charge in [-0.25, -0.2) is 0 Å². The van der Waals surface area contributed by atoms with Gasteiger partial charge in [0.2, 0.25) is 0 Å². The zero-order valence-electron chi connectivity index (χ0n) is 15.4. The topological polar surface area (TPSA) is 12.0 Å². The van der Waals surface area contributed by atoms with Gasteiger partial charge in [0, 0.05) is 5.69 Å². The average Bonchev–Trinajstić information content (AvgIpc) is 3.02. The van der Waals surface area contributed by atoms with Crippen molar-refractivity contribution in [2.24, 2.45) is 0 Å². The van der Waals surface area contributed by atoms with Gasteiger partial charge in [0.25, 0.3) is 0 Å². The van der Waals surface area contributed by atoms with E-state index in [4.69, 9.17) is 0 Å². The van der Waals surface area contributed by atoms with Gasteiger partial charge in [-0.05, 0) is 62.1 Å². The molecule has 2 aromatic carbocycles. The molecule has 0 aromatic heterocycles. The van der Waals surface area contributed by atoms with Crippen LogP contribution in [-0.4, -0.2) is 15.1 Å². The Morgan fingerprint density at radius 1 is 0.792 bits per heavy atom. The van der Waals surface area contributed by atoms with E-state index in [1.54, 1.807) is 5.19 Å². The molecule has 24 heavy (non-hydrogen) atoms. The van der Waals surface area contributed by atoms with E-state index in [-0.39, 0.29) is 5.54 Å². The van der Waals surface area contributed by atoms with Crippen LogP contribution in [0.4, 0.5) is 5.69 Å². The third kappa shape index (κ3) is 3.11. The monoisotopic (exact) mass is 333 g/mol. The summed E-state index contributed by atoms with van der Waals surface area (Å²) in [5.41, 5.74) is 6.98. The molecule has 0 atom stereocenters. The Bertz CT molecular complexity index is 804. The molecule has 0 bridgehead atoms. The zero-order chi connectivity index (χ0) is 17.3. The molecule has 0 saturated heterocycles. The first-order valence-corrected chi connectivity index (χ1v) is 10.1. The number of nitrogens with one attached hydrogen (secondary N) is 1. The lowest BCUT2D eigenvalue weighted by atomic mass is 9.95. The third-order valence-electron chi connectivity index (χ3n) is 5.43. The van der Waals surface area contributed by atoms with Crippen molar-refractivity contribution in [3.63, 3.8) is 0 Å². The van der Waals surface area contributed by atoms with Crippen molar-refractivity contribution in [2.45, 2.75) is 40.2 Å². The van der Waals surface area contributed by atoms with E-state index in [2.05, 4.69) is 94.6 Å². The van der Waals surface area contributed by atoms with Gasteiger partial charge < -0.3 is 5.32 Å². The quantitative estimate of drug-likeness (QED) is 0.846. The summed E-state index contributed by atoms with van der Waals surface area (Å²) in [6.07, 6.45) is 8.74. The molecule has 0 saturated carbocycles. The summed E-state index contributed by atoms with van der Waals surface area (Å²) in [5, 5.41) is 6.89. The second-order valence-corrected chi connectivity index (χ2v) is 9.02. The molecule has 1 aliphatic carbocycles. The first-order chi connectivity index (χ1) is 11.4. The van der Waals surface area contributed by atoms with E-state index < -0.39 is 9.52 Å². The fourth-order valence-corrected chi connectivity index (χ4v) is 5.48. The predicted octanol–water partition coefficient (Wildman–Crippen LogP) is 3.34. The Morgan fingerprint density at radius 3 is 2.00 bits per heavy atom. The summed E-state index contributed by atoms with van der Waals surface area (Å²) in [6, 6.07) is 11.0. The van der Waals surface area contributed by atoms with E-state index in [0.29, 0.717) is 0 Å². The van der Waals surface area contributed by atoms with Gasteiger partial charge in [-0.15, -0.1) is 0 Å². The van der Waals surface area contributed by atoms with Crippen LogP contribution in [0.15, 0.2) is 54.6 Å². The standard InChI is InChI=1S/C22H27NSi/c1-15-16(2)18(4)21(24-19-11-7-6-8-12-19)20(17(15)3)23-22(5)13-9-10-14-22/h6-14,23H,24H2,1-5H3. The maximum absolute atomic E-state index is 3.84. The molecular weight excluding hydrogens is 306 g/mol. The van der Waals surface area contributed by atoms with Crippen LogP contribution in [0, 0.1) is 27.7 Å². The summed E-state index contributed by atoms with van der Waals surface area (Å²) in [4.78, 5) is 0. The molecule has 124 valence electrons. The van der Waals surface area contributed by atoms with E-state index in [0.717, 1.165) is 0 Å². The van der Waals surface area contributed by atoms with Crippen molar-refractivity contribution < 1.29 is 0 Å². The molecule has 0 amide bonds. The number of hydrogen-bond donors (Lipinski definition) is 1. The van der Waals surface area contributed by atoms with Crippen molar-refractivity contribution >= 4 is 25.6 Å². The van der Waals surface area contributed by atoms with Crippen molar-refractivity contribution in [3.05, 3.63) is 76.9 Å². The Balaban J connectivity index is 2.11. The van der Waals surface area contributed by atoms with Crippen LogP contribution in [0.2, 0.25) is 0 Å². The van der Waals surface area contributed by atoms with Crippen LogP contribution < -0.4 is 15.7 Å². The molecule has 1 aliphatic rings. The van der Waals surface area contributed by atoms with Crippen molar-refractivity contribution in [3.8, 4) is 0 Å². The van der Waals surface area contributed by atoms with Gasteiger partial charge in [-0.2, -0.15) is 0 Å². The molecule has 0 spiro atoms. The van der Waals surface area contributed by atoms with Gasteiger partial charge in [-0.1, -0.05) is 59.8 Å². The molecule has 1 N–H and O–H groups in total. The Kier molecular flexibility index (Phi) is 4.51. The minimum Gasteiger partial charge on any atom is -0.373 e. The lowest BCUT2D eigenvalue weighted by Crippen LogP contribution is -2.38. The molecular formula is C22H27NSi. The highest BCUT2D eigenvalue weighted by Crippen LogP contribution is 2.28. The molecule has 3 rings (SSSR count). The highest BCUT2D eigenvalue weighted by molar-refractivity contribution is 6.69. The van der Waals surface area contributed by atoms with Crippen molar-refractivity contribution in [1.82, 2.24) is 0 Å². The molecule has 1 nitrogen and oxygen atoms in total. The molecule has 2 aromatic rings. The Hall–Kier alpha value is -2.06. The smallest absolute Gasteiger partial charge is 0.0905 e. The molecule has 2 heteroatoms. The van der Waals surface area contributed by atoms with Crippen LogP contribution in [-0.2, 0) is 0 Å². The summed E-state index contributed by atoms with van der Waals surface area (Å²) >= 11 is 0. The number of hydrogen-bond acceptors (Lipinski definition) is 1. The second kappa shape index (κ2) is 6.44. The van der Waals surface area contributed by atoms with Crippen LogP contribution >= 0.6 is 0 Å². The fraction of sp³-hybridized carbons (Fsp3) is 0.273. The maximum Gasteiger partial charge on any atom is 0.0905 e. The van der Waals surface area contributed by atoms with Crippen molar-refractivity contribution in [1.29, 1.82) is 0 Å². The molecule has 0 radical (unpaired) electrons. The van der Waals surface area contributed by atoms with Gasteiger partial charge in [0.05, 0.1) is 15.1 Å². The summed E-state index contributed by atoms with van der Waals surface area (Å²) < 4.78 is 0. The second-order valence-electron chi connectivity index (χ2n) is 7.14. The molecule has 0 unspecified atom stereocenters. The largest absolute Gasteiger partial charge is 0.373 e. The SMILES string of the molecule is Cc1c(C)c(C)c([SiH2]c2ccccc2)c(NC2(C)C=CC=C2)c1C. The number of benzene rings is 2. The zero-order valence-corrected chi connectivity index (χ0v) is 16.8. The predicted molar refractivity (Wildman–Crippen MR) is 110 cm³/mol. The van der Waals surface area contributed by atoms with Gasteiger partial charge in [0.15, 0.2) is 0 Å². The summed E-state index contributed by atoms with van der Waals surface area (Å²) in [7, 11) is -0.525. The minimum atomic E-state index is -0.525. The highest BCUT2D eigenvalue weighted by atomic mass is 28.2. The van der Waals surface area contributed by atoms with Gasteiger partial charge >= 0.3 is 0 Å². The van der Waals surface area contributed by atoms with Crippen LogP contribution in [0.3, 0.4) is 0 Å².